The highest BCUT2D eigenvalue weighted by atomic mass is 35.5. The van der Waals surface area contributed by atoms with Gasteiger partial charge in [0.1, 0.15) is 11.6 Å². The molecule has 2 rings (SSSR count). The Hall–Kier alpha value is -2.31. The lowest BCUT2D eigenvalue weighted by Gasteiger charge is -2.15. The third-order valence-corrected chi connectivity index (χ3v) is 3.55. The maximum Gasteiger partial charge on any atom is 0.347 e. The molecule has 0 saturated carbocycles. The number of ether oxygens (including phenoxy) is 2. The van der Waals surface area contributed by atoms with Gasteiger partial charge in [-0.1, -0.05) is 35.3 Å². The monoisotopic (exact) mass is 385 g/mol. The number of para-hydroxylation sites is 1. The minimum atomic E-state index is -1.00. The van der Waals surface area contributed by atoms with Crippen LogP contribution in [0.5, 0.6) is 5.75 Å². The molecule has 2 aromatic carbocycles. The zero-order chi connectivity index (χ0) is 18.4. The first-order valence-corrected chi connectivity index (χ1v) is 7.95. The second-order valence-corrected chi connectivity index (χ2v) is 5.81. The summed E-state index contributed by atoms with van der Waals surface area (Å²) in [6.07, 6.45) is -1.00. The molecule has 0 unspecified atom stereocenters. The molecule has 1 N–H and O–H groups in total. The zero-order valence-electron chi connectivity index (χ0n) is 13.1. The van der Waals surface area contributed by atoms with Gasteiger partial charge in [-0.25, -0.2) is 9.18 Å². The van der Waals surface area contributed by atoms with Gasteiger partial charge in [-0.15, -0.1) is 0 Å². The lowest BCUT2D eigenvalue weighted by atomic mass is 10.3. The van der Waals surface area contributed by atoms with Gasteiger partial charge in [-0.05, 0) is 37.3 Å². The lowest BCUT2D eigenvalue weighted by molar-refractivity contribution is -0.153. The number of esters is 1. The number of carbonyl (C=O) groups excluding carboxylic acids is 2. The van der Waals surface area contributed by atoms with Gasteiger partial charge in [0.15, 0.2) is 12.7 Å². The summed E-state index contributed by atoms with van der Waals surface area (Å²) in [6, 6.07) is 10.2. The average Bonchev–Trinajstić information content (AvgIpc) is 2.57. The van der Waals surface area contributed by atoms with E-state index in [1.165, 1.54) is 37.3 Å². The van der Waals surface area contributed by atoms with Gasteiger partial charge in [0.25, 0.3) is 5.91 Å². The van der Waals surface area contributed by atoms with Gasteiger partial charge in [-0.2, -0.15) is 0 Å². The van der Waals surface area contributed by atoms with Crippen molar-refractivity contribution in [1.29, 1.82) is 0 Å². The van der Waals surface area contributed by atoms with Crippen LogP contribution in [0.3, 0.4) is 0 Å². The molecule has 8 heteroatoms. The van der Waals surface area contributed by atoms with Gasteiger partial charge in [0.2, 0.25) is 0 Å². The largest absolute Gasteiger partial charge is 0.477 e. The third-order valence-electron chi connectivity index (χ3n) is 3.02. The van der Waals surface area contributed by atoms with Crippen LogP contribution >= 0.6 is 23.2 Å². The first kappa shape index (κ1) is 19.0. The van der Waals surface area contributed by atoms with Crippen LogP contribution in [0.2, 0.25) is 10.0 Å². The van der Waals surface area contributed by atoms with Crippen molar-refractivity contribution in [2.75, 3.05) is 11.9 Å². The highest BCUT2D eigenvalue weighted by Gasteiger charge is 2.19. The Morgan fingerprint density at radius 2 is 1.92 bits per heavy atom. The van der Waals surface area contributed by atoms with Crippen LogP contribution < -0.4 is 10.1 Å². The molecule has 0 spiro atoms. The number of halogens is 3. The van der Waals surface area contributed by atoms with Crippen LogP contribution in [-0.4, -0.2) is 24.6 Å². The van der Waals surface area contributed by atoms with Crippen molar-refractivity contribution in [2.45, 2.75) is 13.0 Å². The Labute approximate surface area is 153 Å². The van der Waals surface area contributed by atoms with Gasteiger partial charge < -0.3 is 14.8 Å². The molecule has 1 amide bonds. The summed E-state index contributed by atoms with van der Waals surface area (Å²) in [4.78, 5) is 23.6. The first-order valence-electron chi connectivity index (χ1n) is 7.19. The number of carbonyl (C=O) groups is 2. The fourth-order valence-corrected chi connectivity index (χ4v) is 2.27. The number of hydrogen-bond donors (Lipinski definition) is 1. The Morgan fingerprint density at radius 3 is 2.60 bits per heavy atom. The Balaban J connectivity index is 1.84. The standard InChI is InChI=1S/C17H14Cl2FNO4/c1-10(25-15-7-6-11(18)8-12(15)19)17(23)24-9-16(22)21-14-5-3-2-4-13(14)20/h2-8,10H,9H2,1H3,(H,21,22)/t10-/m1/s1. The van der Waals surface area contributed by atoms with Gasteiger partial charge in [0, 0.05) is 5.02 Å². The molecule has 0 fully saturated rings. The summed E-state index contributed by atoms with van der Waals surface area (Å²) in [5, 5.41) is 2.97. The van der Waals surface area contributed by atoms with Crippen molar-refractivity contribution in [3.63, 3.8) is 0 Å². The predicted molar refractivity (Wildman–Crippen MR) is 92.5 cm³/mol. The maximum absolute atomic E-state index is 13.4. The molecule has 132 valence electrons. The van der Waals surface area contributed by atoms with E-state index in [9.17, 15) is 14.0 Å². The van der Waals surface area contributed by atoms with Gasteiger partial charge in [0.05, 0.1) is 10.7 Å². The van der Waals surface area contributed by atoms with Crippen molar-refractivity contribution in [1.82, 2.24) is 0 Å². The highest BCUT2D eigenvalue weighted by Crippen LogP contribution is 2.28. The maximum atomic E-state index is 13.4. The fraction of sp³-hybridized carbons (Fsp3) is 0.176. The number of anilines is 1. The molecule has 0 heterocycles. The highest BCUT2D eigenvalue weighted by molar-refractivity contribution is 6.35. The normalized spacial score (nSPS) is 11.5. The second kappa shape index (κ2) is 8.69. The van der Waals surface area contributed by atoms with Crippen molar-refractivity contribution in [2.24, 2.45) is 0 Å². The first-order chi connectivity index (χ1) is 11.9. The SMILES string of the molecule is C[C@@H](Oc1ccc(Cl)cc1Cl)C(=O)OCC(=O)Nc1ccccc1F. The smallest absolute Gasteiger partial charge is 0.347 e. The minimum absolute atomic E-state index is 0.000735. The molecule has 0 bridgehead atoms. The Kier molecular flexibility index (Phi) is 6.61. The third kappa shape index (κ3) is 5.62. The van der Waals surface area contributed by atoms with Crippen LogP contribution in [0.25, 0.3) is 0 Å². The van der Waals surface area contributed by atoms with Gasteiger partial charge in [-0.3, -0.25) is 4.79 Å². The van der Waals surface area contributed by atoms with Crippen LogP contribution in [0, 0.1) is 5.82 Å². The van der Waals surface area contributed by atoms with Crippen LogP contribution in [-0.2, 0) is 14.3 Å². The van der Waals surface area contributed by atoms with Crippen molar-refractivity contribution in [3.8, 4) is 5.75 Å². The summed E-state index contributed by atoms with van der Waals surface area (Å²) in [5.41, 5.74) is 0.000735. The molecule has 0 radical (unpaired) electrons. The molecule has 0 aliphatic heterocycles. The van der Waals surface area contributed by atoms with E-state index in [0.717, 1.165) is 0 Å². The lowest BCUT2D eigenvalue weighted by Crippen LogP contribution is -2.30. The second-order valence-electron chi connectivity index (χ2n) is 4.97. The number of nitrogens with one attached hydrogen (secondary N) is 1. The molecule has 25 heavy (non-hydrogen) atoms. The Bertz CT molecular complexity index is 785. The predicted octanol–water partition coefficient (Wildman–Crippen LogP) is 4.08. The van der Waals surface area contributed by atoms with Gasteiger partial charge >= 0.3 is 5.97 Å². The number of amides is 1. The zero-order valence-corrected chi connectivity index (χ0v) is 14.6. The number of rotatable bonds is 6. The summed E-state index contributed by atoms with van der Waals surface area (Å²) in [5.74, 6) is -1.77. The summed E-state index contributed by atoms with van der Waals surface area (Å²) in [7, 11) is 0. The molecule has 1 atom stereocenters. The molecule has 0 aromatic heterocycles. The van der Waals surface area contributed by atoms with E-state index < -0.39 is 30.4 Å². The van der Waals surface area contributed by atoms with Crippen molar-refractivity contribution >= 4 is 40.8 Å². The molecule has 0 saturated heterocycles. The molecular formula is C17H14Cl2FNO4. The molecule has 2 aromatic rings. The topological polar surface area (TPSA) is 64.6 Å². The fourth-order valence-electron chi connectivity index (χ4n) is 1.81. The van der Waals surface area contributed by atoms with E-state index in [1.54, 1.807) is 12.1 Å². The molecular weight excluding hydrogens is 372 g/mol. The average molecular weight is 386 g/mol. The van der Waals surface area contributed by atoms with E-state index in [1.807, 2.05) is 0 Å². The van der Waals surface area contributed by atoms with Crippen molar-refractivity contribution < 1.29 is 23.5 Å². The number of hydrogen-bond acceptors (Lipinski definition) is 4. The van der Waals surface area contributed by atoms with E-state index in [-0.39, 0.29) is 16.5 Å². The summed E-state index contributed by atoms with van der Waals surface area (Å²) < 4.78 is 23.6. The Morgan fingerprint density at radius 1 is 1.20 bits per heavy atom. The van der Waals surface area contributed by atoms with E-state index in [4.69, 9.17) is 32.7 Å². The summed E-state index contributed by atoms with van der Waals surface area (Å²) >= 11 is 11.7. The van der Waals surface area contributed by atoms with E-state index in [2.05, 4.69) is 5.32 Å². The molecule has 0 aliphatic rings. The van der Waals surface area contributed by atoms with Crippen LogP contribution in [0.1, 0.15) is 6.92 Å². The quantitative estimate of drug-likeness (QED) is 0.760. The summed E-state index contributed by atoms with van der Waals surface area (Å²) in [6.45, 7) is 0.872. The van der Waals surface area contributed by atoms with E-state index in [0.29, 0.717) is 5.02 Å². The molecule has 0 aliphatic carbocycles. The van der Waals surface area contributed by atoms with Crippen molar-refractivity contribution in [3.05, 3.63) is 58.3 Å². The molecule has 5 nitrogen and oxygen atoms in total. The van der Waals surface area contributed by atoms with E-state index >= 15 is 0 Å². The number of benzene rings is 2. The minimum Gasteiger partial charge on any atom is -0.477 e. The van der Waals surface area contributed by atoms with Crippen LogP contribution in [0.4, 0.5) is 10.1 Å². The van der Waals surface area contributed by atoms with Crippen LogP contribution in [0.15, 0.2) is 42.5 Å².